The molecule has 1 atom stereocenters. The Morgan fingerprint density at radius 2 is 1.73 bits per heavy atom. The van der Waals surface area contributed by atoms with Gasteiger partial charge in [0, 0.05) is 26.1 Å². The van der Waals surface area contributed by atoms with E-state index in [-0.39, 0.29) is 36.8 Å². The first-order valence-electron chi connectivity index (χ1n) is 9.14. The van der Waals surface area contributed by atoms with Gasteiger partial charge in [-0.2, -0.15) is 0 Å². The Kier molecular flexibility index (Phi) is 14.7. The maximum atomic E-state index is 12.3. The summed E-state index contributed by atoms with van der Waals surface area (Å²) in [5.74, 6) is 0.143. The average molecular weight is 406 g/mol. The lowest BCUT2D eigenvalue weighted by atomic mass is 10.1. The molecule has 2 rings (SSSR count). The van der Waals surface area contributed by atoms with Crippen LogP contribution in [0.1, 0.15) is 43.7 Å². The van der Waals surface area contributed by atoms with Crippen LogP contribution in [0.4, 0.5) is 0 Å². The second kappa shape index (κ2) is 15.2. The average Bonchev–Trinajstić information content (AvgIpc) is 2.62. The van der Waals surface area contributed by atoms with E-state index in [4.69, 9.17) is 10.5 Å². The standard InChI is InChI=1S/C19H31N3O2.2ClH/c20-11-7-2-1-6-10-19(23)21-18(17-8-4-3-5-9-17)16-22-12-14-24-15-13-22;;/h3-5,8-9,18H,1-2,6-7,10-16,20H2,(H,21,23);2*1H. The van der Waals surface area contributed by atoms with Gasteiger partial charge in [-0.15, -0.1) is 24.8 Å². The summed E-state index contributed by atoms with van der Waals surface area (Å²) in [7, 11) is 0. The number of nitrogens with zero attached hydrogens (tertiary/aromatic N) is 1. The van der Waals surface area contributed by atoms with Crippen LogP contribution in [0.2, 0.25) is 0 Å². The molecule has 0 aliphatic carbocycles. The van der Waals surface area contributed by atoms with Crippen molar-refractivity contribution in [3.63, 3.8) is 0 Å². The second-order valence-electron chi connectivity index (χ2n) is 6.40. The topological polar surface area (TPSA) is 67.6 Å². The zero-order valence-electron chi connectivity index (χ0n) is 15.4. The minimum Gasteiger partial charge on any atom is -0.379 e. The van der Waals surface area contributed by atoms with Gasteiger partial charge in [0.2, 0.25) is 5.91 Å². The molecule has 1 unspecified atom stereocenters. The van der Waals surface area contributed by atoms with Gasteiger partial charge in [-0.25, -0.2) is 0 Å². The summed E-state index contributed by atoms with van der Waals surface area (Å²) in [6.07, 6.45) is 4.76. The van der Waals surface area contributed by atoms with Crippen LogP contribution < -0.4 is 11.1 Å². The number of morpholine rings is 1. The molecule has 1 aromatic carbocycles. The van der Waals surface area contributed by atoms with Gasteiger partial charge in [0.15, 0.2) is 0 Å². The summed E-state index contributed by atoms with van der Waals surface area (Å²) in [5, 5.41) is 3.23. The first-order valence-corrected chi connectivity index (χ1v) is 9.14. The molecule has 1 saturated heterocycles. The molecule has 3 N–H and O–H groups in total. The fraction of sp³-hybridized carbons (Fsp3) is 0.632. The van der Waals surface area contributed by atoms with E-state index in [2.05, 4.69) is 22.3 Å². The molecule has 1 aromatic rings. The second-order valence-corrected chi connectivity index (χ2v) is 6.40. The number of unbranched alkanes of at least 4 members (excludes halogenated alkanes) is 3. The molecule has 1 aliphatic heterocycles. The molecule has 0 aromatic heterocycles. The van der Waals surface area contributed by atoms with Crippen molar-refractivity contribution in [2.45, 2.75) is 38.1 Å². The maximum Gasteiger partial charge on any atom is 0.220 e. The van der Waals surface area contributed by atoms with Crippen LogP contribution in [0, 0.1) is 0 Å². The number of carbonyl (C=O) groups excluding carboxylic acids is 1. The summed E-state index contributed by atoms with van der Waals surface area (Å²) in [4.78, 5) is 14.7. The van der Waals surface area contributed by atoms with E-state index in [1.54, 1.807) is 0 Å². The Hall–Kier alpha value is -0.850. The van der Waals surface area contributed by atoms with E-state index < -0.39 is 0 Å². The largest absolute Gasteiger partial charge is 0.379 e. The lowest BCUT2D eigenvalue weighted by Gasteiger charge is -2.31. The van der Waals surface area contributed by atoms with Crippen LogP contribution in [0.3, 0.4) is 0 Å². The molecule has 0 radical (unpaired) electrons. The molecule has 1 aliphatic rings. The summed E-state index contributed by atoms with van der Waals surface area (Å²) in [6, 6.07) is 10.3. The van der Waals surface area contributed by atoms with Crippen LogP contribution in [0.15, 0.2) is 30.3 Å². The normalized spacial score (nSPS) is 15.4. The van der Waals surface area contributed by atoms with Crippen LogP contribution in [0.5, 0.6) is 0 Å². The molecule has 0 bridgehead atoms. The summed E-state index contributed by atoms with van der Waals surface area (Å²) in [6.45, 7) is 4.98. The molecule has 26 heavy (non-hydrogen) atoms. The summed E-state index contributed by atoms with van der Waals surface area (Å²) >= 11 is 0. The zero-order valence-corrected chi connectivity index (χ0v) is 17.0. The number of carbonyl (C=O) groups is 1. The summed E-state index contributed by atoms with van der Waals surface area (Å²) < 4.78 is 5.42. The van der Waals surface area contributed by atoms with Crippen LogP contribution in [-0.2, 0) is 9.53 Å². The van der Waals surface area contributed by atoms with Crippen molar-refractivity contribution in [1.82, 2.24) is 10.2 Å². The monoisotopic (exact) mass is 405 g/mol. The molecule has 150 valence electrons. The number of halogens is 2. The molecular weight excluding hydrogens is 373 g/mol. The first kappa shape index (κ1) is 25.1. The third-order valence-electron chi connectivity index (χ3n) is 4.44. The molecular formula is C19H33Cl2N3O2. The number of ether oxygens (including phenoxy) is 1. The Labute approximate surface area is 169 Å². The van der Waals surface area contributed by atoms with Crippen molar-refractivity contribution in [2.24, 2.45) is 5.73 Å². The Morgan fingerprint density at radius 3 is 2.38 bits per heavy atom. The Bertz CT molecular complexity index is 471. The van der Waals surface area contributed by atoms with E-state index in [1.165, 1.54) is 5.56 Å². The van der Waals surface area contributed by atoms with Crippen LogP contribution in [0.25, 0.3) is 0 Å². The highest BCUT2D eigenvalue weighted by Crippen LogP contribution is 2.16. The van der Waals surface area contributed by atoms with Crippen molar-refractivity contribution in [3.8, 4) is 0 Å². The minimum atomic E-state index is 0. The van der Waals surface area contributed by atoms with Gasteiger partial charge in [0.1, 0.15) is 0 Å². The van der Waals surface area contributed by atoms with E-state index in [1.807, 2.05) is 18.2 Å². The number of rotatable bonds is 10. The Balaban J connectivity index is 0.00000312. The number of nitrogens with one attached hydrogen (secondary N) is 1. The molecule has 0 spiro atoms. The van der Waals surface area contributed by atoms with Crippen molar-refractivity contribution in [2.75, 3.05) is 39.4 Å². The molecule has 1 fully saturated rings. The van der Waals surface area contributed by atoms with Crippen molar-refractivity contribution in [3.05, 3.63) is 35.9 Å². The zero-order chi connectivity index (χ0) is 17.0. The lowest BCUT2D eigenvalue weighted by Crippen LogP contribution is -2.43. The van der Waals surface area contributed by atoms with E-state index >= 15 is 0 Å². The predicted octanol–water partition coefficient (Wildman–Crippen LogP) is 2.93. The molecule has 1 amide bonds. The van der Waals surface area contributed by atoms with Gasteiger partial charge >= 0.3 is 0 Å². The molecule has 0 saturated carbocycles. The highest BCUT2D eigenvalue weighted by molar-refractivity contribution is 5.85. The van der Waals surface area contributed by atoms with Gasteiger partial charge < -0.3 is 15.8 Å². The van der Waals surface area contributed by atoms with E-state index in [9.17, 15) is 4.79 Å². The number of hydrogen-bond acceptors (Lipinski definition) is 4. The van der Waals surface area contributed by atoms with Gasteiger partial charge in [0.05, 0.1) is 19.3 Å². The number of nitrogens with two attached hydrogens (primary N) is 1. The molecule has 1 heterocycles. The number of amides is 1. The van der Waals surface area contributed by atoms with Gasteiger partial charge in [0.25, 0.3) is 0 Å². The van der Waals surface area contributed by atoms with E-state index in [0.29, 0.717) is 6.42 Å². The van der Waals surface area contributed by atoms with Crippen molar-refractivity contribution < 1.29 is 9.53 Å². The van der Waals surface area contributed by atoms with Crippen LogP contribution in [-0.4, -0.2) is 50.2 Å². The highest BCUT2D eigenvalue weighted by Gasteiger charge is 2.19. The lowest BCUT2D eigenvalue weighted by molar-refractivity contribution is -0.122. The predicted molar refractivity (Wildman–Crippen MR) is 111 cm³/mol. The fourth-order valence-corrected chi connectivity index (χ4v) is 3.01. The number of hydrogen-bond donors (Lipinski definition) is 2. The first-order chi connectivity index (χ1) is 11.8. The molecule has 7 heteroatoms. The van der Waals surface area contributed by atoms with Gasteiger partial charge in [-0.3, -0.25) is 9.69 Å². The van der Waals surface area contributed by atoms with E-state index in [0.717, 1.165) is 65.1 Å². The van der Waals surface area contributed by atoms with Gasteiger partial charge in [-0.05, 0) is 24.9 Å². The minimum absolute atomic E-state index is 0. The SMILES string of the molecule is Cl.Cl.NCCCCCCC(=O)NC(CN1CCOCC1)c1ccccc1. The highest BCUT2D eigenvalue weighted by atomic mass is 35.5. The smallest absolute Gasteiger partial charge is 0.220 e. The Morgan fingerprint density at radius 1 is 1.08 bits per heavy atom. The third-order valence-corrected chi connectivity index (χ3v) is 4.44. The van der Waals surface area contributed by atoms with Crippen LogP contribution >= 0.6 is 24.8 Å². The summed E-state index contributed by atoms with van der Waals surface area (Å²) in [5.41, 5.74) is 6.66. The van der Waals surface area contributed by atoms with Crippen molar-refractivity contribution in [1.29, 1.82) is 0 Å². The molecule has 5 nitrogen and oxygen atoms in total. The maximum absolute atomic E-state index is 12.3. The van der Waals surface area contributed by atoms with Crippen molar-refractivity contribution >= 4 is 30.7 Å². The number of benzene rings is 1. The quantitative estimate of drug-likeness (QED) is 0.587. The third kappa shape index (κ3) is 9.74. The van der Waals surface area contributed by atoms with Gasteiger partial charge in [-0.1, -0.05) is 43.2 Å². The fourth-order valence-electron chi connectivity index (χ4n) is 3.01.